The van der Waals surface area contributed by atoms with Gasteiger partial charge in [-0.25, -0.2) is 4.79 Å². The molecule has 0 radical (unpaired) electrons. The molecule has 0 spiro atoms. The minimum absolute atomic E-state index is 0.0228. The number of ether oxygens (including phenoxy) is 1. The van der Waals surface area contributed by atoms with Gasteiger partial charge in [0.25, 0.3) is 0 Å². The standard InChI is InChI=1S/C11H13NO4/c1-16-11(15)8-6-7(2-3-10(8)14)9(13)4-5-12/h2-3,6,14H,4-5,12H2,1H3. The number of esters is 1. The van der Waals surface area contributed by atoms with Crippen LogP contribution in [0.4, 0.5) is 0 Å². The number of methoxy groups -OCH3 is 1. The topological polar surface area (TPSA) is 89.6 Å². The van der Waals surface area contributed by atoms with Crippen LogP contribution in [0.25, 0.3) is 0 Å². The zero-order chi connectivity index (χ0) is 12.1. The van der Waals surface area contributed by atoms with Gasteiger partial charge in [0.15, 0.2) is 5.78 Å². The molecule has 0 saturated heterocycles. The number of carbonyl (C=O) groups is 2. The number of nitrogens with two attached hydrogens (primary N) is 1. The average molecular weight is 223 g/mol. The lowest BCUT2D eigenvalue weighted by Gasteiger charge is -2.05. The van der Waals surface area contributed by atoms with E-state index >= 15 is 0 Å². The summed E-state index contributed by atoms with van der Waals surface area (Å²) >= 11 is 0. The smallest absolute Gasteiger partial charge is 0.341 e. The van der Waals surface area contributed by atoms with Crippen LogP contribution < -0.4 is 5.73 Å². The molecule has 1 aromatic carbocycles. The van der Waals surface area contributed by atoms with Gasteiger partial charge in [0, 0.05) is 12.0 Å². The van der Waals surface area contributed by atoms with Gasteiger partial charge < -0.3 is 15.6 Å². The number of rotatable bonds is 4. The summed E-state index contributed by atoms with van der Waals surface area (Å²) in [5.41, 5.74) is 5.57. The van der Waals surface area contributed by atoms with E-state index in [2.05, 4.69) is 4.74 Å². The Balaban J connectivity index is 3.07. The summed E-state index contributed by atoms with van der Waals surface area (Å²) in [6, 6.07) is 4.04. The number of phenolic OH excluding ortho intramolecular Hbond substituents is 1. The van der Waals surface area contributed by atoms with E-state index in [0.29, 0.717) is 5.56 Å². The highest BCUT2D eigenvalue weighted by atomic mass is 16.5. The van der Waals surface area contributed by atoms with Gasteiger partial charge in [0.05, 0.1) is 7.11 Å². The number of aromatic hydroxyl groups is 1. The molecule has 0 atom stereocenters. The number of hydrogen-bond donors (Lipinski definition) is 2. The second-order valence-electron chi connectivity index (χ2n) is 3.19. The maximum absolute atomic E-state index is 11.5. The molecule has 5 heteroatoms. The molecule has 0 amide bonds. The molecule has 0 aliphatic heterocycles. The van der Waals surface area contributed by atoms with Crippen molar-refractivity contribution in [2.24, 2.45) is 5.73 Å². The van der Waals surface area contributed by atoms with Gasteiger partial charge in [0.1, 0.15) is 11.3 Å². The van der Waals surface area contributed by atoms with E-state index in [4.69, 9.17) is 5.73 Å². The van der Waals surface area contributed by atoms with Crippen molar-refractivity contribution in [2.75, 3.05) is 13.7 Å². The van der Waals surface area contributed by atoms with Crippen LogP contribution in [0.5, 0.6) is 5.75 Å². The van der Waals surface area contributed by atoms with Crippen molar-refractivity contribution in [3.05, 3.63) is 29.3 Å². The van der Waals surface area contributed by atoms with Gasteiger partial charge in [-0.2, -0.15) is 0 Å². The lowest BCUT2D eigenvalue weighted by atomic mass is 10.0. The Hall–Kier alpha value is -1.88. The lowest BCUT2D eigenvalue weighted by molar-refractivity contribution is 0.0597. The van der Waals surface area contributed by atoms with Crippen LogP contribution in [0.1, 0.15) is 27.1 Å². The van der Waals surface area contributed by atoms with Gasteiger partial charge in [0.2, 0.25) is 0 Å². The van der Waals surface area contributed by atoms with Crippen LogP contribution in [0.3, 0.4) is 0 Å². The molecule has 86 valence electrons. The second-order valence-corrected chi connectivity index (χ2v) is 3.19. The van der Waals surface area contributed by atoms with Gasteiger partial charge in [-0.15, -0.1) is 0 Å². The third kappa shape index (κ3) is 2.58. The minimum atomic E-state index is -0.681. The summed E-state index contributed by atoms with van der Waals surface area (Å²) < 4.78 is 4.48. The van der Waals surface area contributed by atoms with Crippen molar-refractivity contribution < 1.29 is 19.4 Å². The third-order valence-corrected chi connectivity index (χ3v) is 2.10. The molecular formula is C11H13NO4. The Morgan fingerprint density at radius 1 is 1.44 bits per heavy atom. The molecule has 0 unspecified atom stereocenters. The summed E-state index contributed by atoms with van der Waals surface area (Å²) in [6.45, 7) is 0.243. The normalized spacial score (nSPS) is 9.88. The first-order valence-electron chi connectivity index (χ1n) is 4.74. The molecule has 5 nitrogen and oxygen atoms in total. The Bertz CT molecular complexity index is 414. The van der Waals surface area contributed by atoms with Crippen LogP contribution in [0, 0.1) is 0 Å². The first-order valence-corrected chi connectivity index (χ1v) is 4.74. The number of carbonyl (C=O) groups excluding carboxylic acids is 2. The van der Waals surface area contributed by atoms with E-state index in [1.165, 1.54) is 25.3 Å². The Morgan fingerprint density at radius 3 is 2.69 bits per heavy atom. The van der Waals surface area contributed by atoms with Crippen molar-refractivity contribution in [2.45, 2.75) is 6.42 Å². The van der Waals surface area contributed by atoms with E-state index in [-0.39, 0.29) is 30.1 Å². The highest BCUT2D eigenvalue weighted by molar-refractivity contribution is 6.00. The molecule has 0 aliphatic carbocycles. The highest BCUT2D eigenvalue weighted by Gasteiger charge is 2.14. The molecule has 0 aliphatic rings. The second kappa shape index (κ2) is 5.27. The summed E-state index contributed by atoms with van der Waals surface area (Å²) in [7, 11) is 1.20. The van der Waals surface area contributed by atoms with E-state index in [0.717, 1.165) is 0 Å². The van der Waals surface area contributed by atoms with Gasteiger partial charge in [-0.1, -0.05) is 0 Å². The zero-order valence-corrected chi connectivity index (χ0v) is 8.90. The summed E-state index contributed by atoms with van der Waals surface area (Å²) in [5, 5.41) is 9.41. The van der Waals surface area contributed by atoms with Crippen LogP contribution in [0.2, 0.25) is 0 Å². The van der Waals surface area contributed by atoms with E-state index in [1.54, 1.807) is 0 Å². The van der Waals surface area contributed by atoms with E-state index in [1.807, 2.05) is 0 Å². The molecule has 0 aromatic heterocycles. The predicted octanol–water partition coefficient (Wildman–Crippen LogP) is 0.710. The zero-order valence-electron chi connectivity index (χ0n) is 8.90. The lowest BCUT2D eigenvalue weighted by Crippen LogP contribution is -2.09. The number of ketones is 1. The fraction of sp³-hybridized carbons (Fsp3) is 0.273. The molecule has 0 saturated carbocycles. The van der Waals surface area contributed by atoms with Gasteiger partial charge >= 0.3 is 5.97 Å². The Morgan fingerprint density at radius 2 is 2.12 bits per heavy atom. The number of benzene rings is 1. The quantitative estimate of drug-likeness (QED) is 0.579. The number of phenols is 1. The molecule has 3 N–H and O–H groups in total. The van der Waals surface area contributed by atoms with Crippen molar-refractivity contribution in [3.8, 4) is 5.75 Å². The monoisotopic (exact) mass is 223 g/mol. The number of hydrogen-bond acceptors (Lipinski definition) is 5. The molecule has 0 heterocycles. The van der Waals surface area contributed by atoms with E-state index < -0.39 is 5.97 Å². The van der Waals surface area contributed by atoms with Crippen LogP contribution in [-0.4, -0.2) is 30.5 Å². The minimum Gasteiger partial charge on any atom is -0.507 e. The van der Waals surface area contributed by atoms with Crippen molar-refractivity contribution in [1.82, 2.24) is 0 Å². The molecule has 0 bridgehead atoms. The highest BCUT2D eigenvalue weighted by Crippen LogP contribution is 2.20. The van der Waals surface area contributed by atoms with Crippen molar-refractivity contribution in [3.63, 3.8) is 0 Å². The van der Waals surface area contributed by atoms with Crippen LogP contribution in [0.15, 0.2) is 18.2 Å². The fourth-order valence-electron chi connectivity index (χ4n) is 1.26. The van der Waals surface area contributed by atoms with Crippen molar-refractivity contribution in [1.29, 1.82) is 0 Å². The molecular weight excluding hydrogens is 210 g/mol. The van der Waals surface area contributed by atoms with Crippen molar-refractivity contribution >= 4 is 11.8 Å². The van der Waals surface area contributed by atoms with Crippen LogP contribution in [-0.2, 0) is 4.74 Å². The first-order chi connectivity index (χ1) is 7.60. The van der Waals surface area contributed by atoms with Crippen LogP contribution >= 0.6 is 0 Å². The molecule has 0 fully saturated rings. The molecule has 1 rings (SSSR count). The first kappa shape index (κ1) is 12.2. The summed E-state index contributed by atoms with van der Waals surface area (Å²) in [5.74, 6) is -1.07. The third-order valence-electron chi connectivity index (χ3n) is 2.10. The SMILES string of the molecule is COC(=O)c1cc(C(=O)CCN)ccc1O. The summed E-state index contributed by atoms with van der Waals surface area (Å²) in [4.78, 5) is 22.8. The summed E-state index contributed by atoms with van der Waals surface area (Å²) in [6.07, 6.45) is 0.200. The maximum atomic E-state index is 11.5. The van der Waals surface area contributed by atoms with E-state index in [9.17, 15) is 14.7 Å². The maximum Gasteiger partial charge on any atom is 0.341 e. The molecule has 1 aromatic rings. The fourth-order valence-corrected chi connectivity index (χ4v) is 1.26. The van der Waals surface area contributed by atoms with Gasteiger partial charge in [-0.05, 0) is 24.7 Å². The van der Waals surface area contributed by atoms with Gasteiger partial charge in [-0.3, -0.25) is 4.79 Å². The number of Topliss-reactive ketones (excluding diaryl/α,β-unsaturated/α-hetero) is 1. The average Bonchev–Trinajstić information content (AvgIpc) is 2.29. The Labute approximate surface area is 92.8 Å². The largest absolute Gasteiger partial charge is 0.507 e. The molecule has 16 heavy (non-hydrogen) atoms. The Kier molecular flexibility index (Phi) is 4.02. The predicted molar refractivity (Wildman–Crippen MR) is 57.4 cm³/mol.